The molecule has 7 nitrogen and oxygen atoms in total. The first-order chi connectivity index (χ1) is 13.6. The second kappa shape index (κ2) is 9.15. The van der Waals surface area contributed by atoms with Gasteiger partial charge in [0.1, 0.15) is 5.75 Å². The number of benzene rings is 2. The molecule has 3 N–H and O–H groups in total. The number of nitrogens with zero attached hydrogens (tertiary/aromatic N) is 2. The Morgan fingerprint density at radius 1 is 1.10 bits per heavy atom. The van der Waals surface area contributed by atoms with Gasteiger partial charge in [0.15, 0.2) is 0 Å². The van der Waals surface area contributed by atoms with E-state index in [2.05, 4.69) is 15.2 Å². The number of para-hydroxylation sites is 3. The number of imidazole rings is 1. The molecule has 0 saturated carbocycles. The van der Waals surface area contributed by atoms with Crippen LogP contribution in [0.3, 0.4) is 0 Å². The lowest BCUT2D eigenvalue weighted by Crippen LogP contribution is -2.41. The third-order valence-electron chi connectivity index (χ3n) is 5.41. The Morgan fingerprint density at radius 2 is 1.79 bits per heavy atom. The van der Waals surface area contributed by atoms with Crippen LogP contribution in [-0.2, 0) is 0 Å². The van der Waals surface area contributed by atoms with Crippen molar-refractivity contribution in [2.75, 3.05) is 26.2 Å². The van der Waals surface area contributed by atoms with E-state index in [1.54, 1.807) is 18.2 Å². The summed E-state index contributed by atoms with van der Waals surface area (Å²) in [6.07, 6.45) is 1.80. The fraction of sp³-hybridized carbons (Fsp3) is 0.333. The van der Waals surface area contributed by atoms with Crippen LogP contribution in [0.5, 0.6) is 5.75 Å². The molecule has 2 aromatic carbocycles. The lowest BCUT2D eigenvalue weighted by atomic mass is 10.0. The number of carbonyl (C=O) groups is 1. The van der Waals surface area contributed by atoms with E-state index in [0.29, 0.717) is 12.1 Å². The van der Waals surface area contributed by atoms with Gasteiger partial charge in [-0.05, 0) is 37.1 Å². The van der Waals surface area contributed by atoms with Crippen LogP contribution in [0.25, 0.3) is 11.0 Å². The Labute approximate surface area is 174 Å². The maximum atomic E-state index is 12.4. The van der Waals surface area contributed by atoms with Crippen molar-refractivity contribution in [3.63, 3.8) is 0 Å². The Balaban J connectivity index is 0.00000240. The lowest BCUT2D eigenvalue weighted by molar-refractivity contribution is 0.0941. The van der Waals surface area contributed by atoms with Crippen molar-refractivity contribution in [1.82, 2.24) is 19.8 Å². The molecular weight excluding hydrogens is 392 g/mol. The predicted molar refractivity (Wildman–Crippen MR) is 115 cm³/mol. The van der Waals surface area contributed by atoms with E-state index in [4.69, 9.17) is 0 Å². The van der Waals surface area contributed by atoms with Crippen molar-refractivity contribution in [2.45, 2.75) is 18.9 Å². The van der Waals surface area contributed by atoms with Gasteiger partial charge in [-0.25, -0.2) is 4.79 Å². The van der Waals surface area contributed by atoms with E-state index in [1.165, 1.54) is 6.07 Å². The number of hydrogen-bond donors (Lipinski definition) is 3. The minimum atomic E-state index is -0.265. The molecule has 1 aliphatic rings. The van der Waals surface area contributed by atoms with Gasteiger partial charge in [-0.1, -0.05) is 24.3 Å². The molecule has 1 aromatic heterocycles. The number of fused-ring (bicyclic) bond motifs is 1. The van der Waals surface area contributed by atoms with Crippen LogP contribution < -0.4 is 11.0 Å². The normalized spacial score (nSPS) is 15.2. The number of hydrogen-bond acceptors (Lipinski definition) is 4. The van der Waals surface area contributed by atoms with Crippen LogP contribution in [0.1, 0.15) is 29.2 Å². The van der Waals surface area contributed by atoms with Gasteiger partial charge in [-0.3, -0.25) is 9.36 Å². The summed E-state index contributed by atoms with van der Waals surface area (Å²) < 4.78 is 1.88. The second-order valence-electron chi connectivity index (χ2n) is 7.16. The van der Waals surface area contributed by atoms with Crippen LogP contribution in [0.2, 0.25) is 0 Å². The average Bonchev–Trinajstić information content (AvgIpc) is 3.04. The van der Waals surface area contributed by atoms with Crippen molar-refractivity contribution >= 4 is 29.3 Å². The van der Waals surface area contributed by atoms with E-state index in [-0.39, 0.29) is 35.8 Å². The molecule has 1 fully saturated rings. The molecule has 1 aliphatic heterocycles. The van der Waals surface area contributed by atoms with Crippen LogP contribution in [0.4, 0.5) is 0 Å². The lowest BCUT2D eigenvalue weighted by Gasteiger charge is -2.32. The molecule has 154 valence electrons. The van der Waals surface area contributed by atoms with Crippen molar-refractivity contribution in [2.24, 2.45) is 0 Å². The second-order valence-corrected chi connectivity index (χ2v) is 7.16. The third kappa shape index (κ3) is 4.46. The van der Waals surface area contributed by atoms with Gasteiger partial charge in [0, 0.05) is 32.2 Å². The number of likely N-dealkylation sites (tertiary alicyclic amines) is 1. The van der Waals surface area contributed by atoms with Gasteiger partial charge in [-0.15, -0.1) is 12.4 Å². The quantitative estimate of drug-likeness (QED) is 0.596. The van der Waals surface area contributed by atoms with Crippen LogP contribution in [-0.4, -0.2) is 51.6 Å². The van der Waals surface area contributed by atoms with Gasteiger partial charge >= 0.3 is 5.69 Å². The molecule has 0 radical (unpaired) electrons. The summed E-state index contributed by atoms with van der Waals surface area (Å²) in [6, 6.07) is 14.5. The van der Waals surface area contributed by atoms with E-state index < -0.39 is 0 Å². The predicted octanol–water partition coefficient (Wildman–Crippen LogP) is 2.52. The van der Waals surface area contributed by atoms with Crippen LogP contribution in [0, 0.1) is 0 Å². The Kier molecular flexibility index (Phi) is 6.61. The molecule has 1 amide bonds. The molecule has 3 aromatic rings. The number of halogens is 1. The fourth-order valence-electron chi connectivity index (χ4n) is 3.93. The fourth-order valence-corrected chi connectivity index (χ4v) is 3.93. The van der Waals surface area contributed by atoms with Crippen LogP contribution >= 0.6 is 12.4 Å². The van der Waals surface area contributed by atoms with Crippen LogP contribution in [0.15, 0.2) is 53.3 Å². The number of aromatic hydroxyl groups is 1. The smallest absolute Gasteiger partial charge is 0.326 e. The van der Waals surface area contributed by atoms with E-state index in [1.807, 2.05) is 28.8 Å². The molecule has 0 bridgehead atoms. The van der Waals surface area contributed by atoms with Gasteiger partial charge in [-0.2, -0.15) is 0 Å². The topological polar surface area (TPSA) is 90.4 Å². The highest BCUT2D eigenvalue weighted by atomic mass is 35.5. The zero-order valence-corrected chi connectivity index (χ0v) is 16.8. The summed E-state index contributed by atoms with van der Waals surface area (Å²) in [5, 5.41) is 12.6. The molecule has 29 heavy (non-hydrogen) atoms. The number of carbonyl (C=O) groups excluding carboxylic acids is 1. The third-order valence-corrected chi connectivity index (χ3v) is 5.41. The molecule has 0 spiro atoms. The standard InChI is InChI=1S/C21H24N4O3.ClH/c26-19-8-4-1-5-16(19)20(27)22-11-14-24-12-9-15(10-13-24)25-18-7-3-2-6-17(18)23-21(25)28;/h1-8,15,26H,9-14H2,(H,22,27)(H,23,28);1H. The average molecular weight is 417 g/mol. The summed E-state index contributed by atoms with van der Waals surface area (Å²) in [5.41, 5.74) is 2.08. The molecular formula is C21H25ClN4O3. The molecule has 2 heterocycles. The number of H-pyrrole nitrogens is 1. The number of rotatable bonds is 5. The van der Waals surface area contributed by atoms with E-state index in [0.717, 1.165) is 43.5 Å². The van der Waals surface area contributed by atoms with Crippen molar-refractivity contribution < 1.29 is 9.90 Å². The number of phenols is 1. The SMILES string of the molecule is Cl.O=C(NCCN1CCC(n2c(=O)[nH]c3ccccc32)CC1)c1ccccc1O. The number of nitrogens with one attached hydrogen (secondary N) is 2. The maximum Gasteiger partial charge on any atom is 0.326 e. The summed E-state index contributed by atoms with van der Waals surface area (Å²) >= 11 is 0. The van der Waals surface area contributed by atoms with Gasteiger partial charge in [0.25, 0.3) is 5.91 Å². The monoisotopic (exact) mass is 416 g/mol. The number of piperidine rings is 1. The molecule has 8 heteroatoms. The van der Waals surface area contributed by atoms with Crippen molar-refractivity contribution in [3.05, 3.63) is 64.6 Å². The number of aromatic amines is 1. The minimum Gasteiger partial charge on any atom is -0.507 e. The summed E-state index contributed by atoms with van der Waals surface area (Å²) in [6.45, 7) is 3.02. The van der Waals surface area contributed by atoms with Crippen molar-refractivity contribution in [3.8, 4) is 5.75 Å². The molecule has 0 atom stereocenters. The summed E-state index contributed by atoms with van der Waals surface area (Å²) in [5.74, 6) is -0.275. The number of aromatic nitrogens is 2. The highest BCUT2D eigenvalue weighted by molar-refractivity contribution is 5.96. The largest absolute Gasteiger partial charge is 0.507 e. The first-order valence-corrected chi connectivity index (χ1v) is 9.61. The van der Waals surface area contributed by atoms with Gasteiger partial charge < -0.3 is 20.3 Å². The highest BCUT2D eigenvalue weighted by Gasteiger charge is 2.23. The summed E-state index contributed by atoms with van der Waals surface area (Å²) in [7, 11) is 0. The first-order valence-electron chi connectivity index (χ1n) is 9.61. The molecule has 0 aliphatic carbocycles. The zero-order valence-electron chi connectivity index (χ0n) is 16.0. The zero-order chi connectivity index (χ0) is 19.5. The highest BCUT2D eigenvalue weighted by Crippen LogP contribution is 2.24. The summed E-state index contributed by atoms with van der Waals surface area (Å²) in [4.78, 5) is 29.7. The van der Waals surface area contributed by atoms with Crippen molar-refractivity contribution in [1.29, 1.82) is 0 Å². The Morgan fingerprint density at radius 3 is 2.55 bits per heavy atom. The Bertz CT molecular complexity index is 1040. The first kappa shape index (κ1) is 21.0. The molecule has 1 saturated heterocycles. The minimum absolute atomic E-state index is 0. The Hall–Kier alpha value is -2.77. The number of amides is 1. The maximum absolute atomic E-state index is 12.4. The van der Waals surface area contributed by atoms with E-state index in [9.17, 15) is 14.7 Å². The van der Waals surface area contributed by atoms with Gasteiger partial charge in [0.2, 0.25) is 0 Å². The molecule has 0 unspecified atom stereocenters. The number of phenolic OH excluding ortho intramolecular Hbond substituents is 1. The van der Waals surface area contributed by atoms with E-state index >= 15 is 0 Å². The molecule has 4 rings (SSSR count). The van der Waals surface area contributed by atoms with Gasteiger partial charge in [0.05, 0.1) is 16.6 Å².